The van der Waals surface area contributed by atoms with Crippen LogP contribution in [-0.4, -0.2) is 34.4 Å². The third-order valence-corrected chi connectivity index (χ3v) is 4.20. The monoisotopic (exact) mass is 364 g/mol. The molecule has 0 spiro atoms. The van der Waals surface area contributed by atoms with Gasteiger partial charge < -0.3 is 9.64 Å². The Hall–Kier alpha value is -3.04. The van der Waals surface area contributed by atoms with E-state index in [9.17, 15) is 5.21 Å². The molecule has 1 aliphatic rings. The van der Waals surface area contributed by atoms with E-state index in [1.807, 2.05) is 38.1 Å². The molecule has 140 valence electrons. The average molecular weight is 364 g/mol. The maximum atomic E-state index is 9.23. The van der Waals surface area contributed by atoms with Crippen molar-refractivity contribution in [1.29, 1.82) is 0 Å². The predicted octanol–water partition coefficient (Wildman–Crippen LogP) is 3.64. The van der Waals surface area contributed by atoms with Gasteiger partial charge in [0.2, 0.25) is 5.88 Å². The summed E-state index contributed by atoms with van der Waals surface area (Å²) in [5.41, 5.74) is 5.03. The zero-order chi connectivity index (χ0) is 19.1. The van der Waals surface area contributed by atoms with Gasteiger partial charge in [-0.3, -0.25) is 10.7 Å². The summed E-state index contributed by atoms with van der Waals surface area (Å²) in [7, 11) is 0. The van der Waals surface area contributed by atoms with Gasteiger partial charge in [0.1, 0.15) is 5.69 Å². The molecule has 2 aromatic heterocycles. The Morgan fingerprint density at radius 1 is 1.22 bits per heavy atom. The second-order valence-electron chi connectivity index (χ2n) is 6.60. The minimum atomic E-state index is 0.111. The Kier molecular flexibility index (Phi) is 6.29. The van der Waals surface area contributed by atoms with Crippen LogP contribution in [0.2, 0.25) is 0 Å². The van der Waals surface area contributed by atoms with Crippen molar-refractivity contribution in [1.82, 2.24) is 9.97 Å². The number of anilines is 2. The first-order chi connectivity index (χ1) is 13.2. The van der Waals surface area contributed by atoms with Crippen LogP contribution in [0, 0.1) is 11.8 Å². The van der Waals surface area contributed by atoms with Crippen LogP contribution in [0.3, 0.4) is 0 Å². The summed E-state index contributed by atoms with van der Waals surface area (Å²) < 4.78 is 5.53. The molecule has 6 heteroatoms. The lowest BCUT2D eigenvalue weighted by molar-refractivity contribution is 0.232. The maximum Gasteiger partial charge on any atom is 0.213 e. The topological polar surface area (TPSA) is 70.5 Å². The van der Waals surface area contributed by atoms with E-state index in [2.05, 4.69) is 32.2 Å². The van der Waals surface area contributed by atoms with Gasteiger partial charge in [0.25, 0.3) is 0 Å². The number of nitrogens with zero attached hydrogens (tertiary/aromatic N) is 3. The lowest BCUT2D eigenvalue weighted by Gasteiger charge is -2.30. The molecule has 0 aromatic carbocycles. The Bertz CT molecular complexity index is 840. The highest BCUT2D eigenvalue weighted by Gasteiger charge is 2.17. The van der Waals surface area contributed by atoms with Gasteiger partial charge in [0.05, 0.1) is 6.10 Å². The number of ether oxygens (including phenoxy) is 1. The van der Waals surface area contributed by atoms with E-state index in [4.69, 9.17) is 4.74 Å². The second kappa shape index (κ2) is 9.06. The molecule has 3 heterocycles. The number of allylic oxidation sites excluding steroid dienone is 1. The van der Waals surface area contributed by atoms with Crippen LogP contribution in [-0.2, 0) is 0 Å². The van der Waals surface area contributed by atoms with E-state index in [0.717, 1.165) is 37.3 Å². The van der Waals surface area contributed by atoms with Crippen molar-refractivity contribution >= 4 is 11.5 Å². The summed E-state index contributed by atoms with van der Waals surface area (Å²) in [6, 6.07) is 7.37. The predicted molar refractivity (Wildman–Crippen MR) is 106 cm³/mol. The number of hydrogen-bond donors (Lipinski definition) is 2. The number of hydrogen-bond acceptors (Lipinski definition) is 6. The van der Waals surface area contributed by atoms with E-state index in [-0.39, 0.29) is 6.10 Å². The van der Waals surface area contributed by atoms with Gasteiger partial charge in [-0.05, 0) is 51.0 Å². The number of aromatic nitrogens is 2. The highest BCUT2D eigenvalue weighted by Crippen LogP contribution is 2.26. The summed E-state index contributed by atoms with van der Waals surface area (Å²) in [5.74, 6) is 7.65. The molecule has 27 heavy (non-hydrogen) atoms. The van der Waals surface area contributed by atoms with E-state index >= 15 is 0 Å². The highest BCUT2D eigenvalue weighted by molar-refractivity contribution is 5.64. The lowest BCUT2D eigenvalue weighted by atomic mass is 10.0. The molecular formula is C21H24N4O2. The van der Waals surface area contributed by atoms with E-state index in [0.29, 0.717) is 11.6 Å². The molecule has 0 radical (unpaired) electrons. The summed E-state index contributed by atoms with van der Waals surface area (Å²) in [5, 5.41) is 9.23. The Labute approximate surface area is 159 Å². The fraction of sp³-hybridized carbons (Fsp3) is 0.333. The van der Waals surface area contributed by atoms with Crippen molar-refractivity contribution in [3.05, 3.63) is 53.9 Å². The molecule has 0 bridgehead atoms. The van der Waals surface area contributed by atoms with E-state index in [1.165, 1.54) is 5.57 Å². The van der Waals surface area contributed by atoms with Crippen LogP contribution in [0.25, 0.3) is 0 Å². The van der Waals surface area contributed by atoms with E-state index in [1.54, 1.807) is 18.5 Å². The lowest BCUT2D eigenvalue weighted by Crippen LogP contribution is -2.31. The summed E-state index contributed by atoms with van der Waals surface area (Å²) in [6.07, 6.45) is 7.43. The number of nitrogens with one attached hydrogen (secondary N) is 1. The Balaban J connectivity index is 1.57. The first-order valence-electron chi connectivity index (χ1n) is 9.08. The molecule has 1 fully saturated rings. The van der Waals surface area contributed by atoms with Gasteiger partial charge >= 0.3 is 0 Å². The highest BCUT2D eigenvalue weighted by atomic mass is 16.5. The number of rotatable bonds is 4. The van der Waals surface area contributed by atoms with Crippen LogP contribution >= 0.6 is 0 Å². The van der Waals surface area contributed by atoms with Gasteiger partial charge in [0.15, 0.2) is 5.82 Å². The van der Waals surface area contributed by atoms with Gasteiger partial charge in [-0.2, -0.15) is 0 Å². The van der Waals surface area contributed by atoms with Gasteiger partial charge in [0, 0.05) is 37.1 Å². The van der Waals surface area contributed by atoms with Crippen LogP contribution in [0.4, 0.5) is 11.5 Å². The van der Waals surface area contributed by atoms with Crippen LogP contribution in [0.15, 0.2) is 48.3 Å². The number of pyridine rings is 2. The molecule has 1 saturated heterocycles. The Morgan fingerprint density at radius 2 is 2.04 bits per heavy atom. The van der Waals surface area contributed by atoms with Crippen molar-refractivity contribution in [2.45, 2.75) is 32.8 Å². The van der Waals surface area contributed by atoms with Crippen molar-refractivity contribution in [3.8, 4) is 17.7 Å². The van der Waals surface area contributed by atoms with Crippen molar-refractivity contribution < 1.29 is 9.94 Å². The molecule has 1 aliphatic heterocycles. The summed E-state index contributed by atoms with van der Waals surface area (Å²) in [6.45, 7) is 5.65. The zero-order valence-corrected chi connectivity index (χ0v) is 15.6. The standard InChI is InChI=1S/C21H24N4O2/c1-16(2)27-20-9-8-18(15-23-20)6-3-5-17-10-13-25(14-11-17)21-19(24-26)7-4-12-22-21/h4-5,7-9,12,15-16,24,26H,10-11,13-14H2,1-2H3. The third-order valence-electron chi connectivity index (χ3n) is 4.20. The van der Waals surface area contributed by atoms with Crippen LogP contribution in [0.1, 0.15) is 32.3 Å². The van der Waals surface area contributed by atoms with Gasteiger partial charge in [-0.15, -0.1) is 0 Å². The quantitative estimate of drug-likeness (QED) is 0.638. The molecule has 0 saturated carbocycles. The fourth-order valence-electron chi connectivity index (χ4n) is 2.87. The molecule has 2 N–H and O–H groups in total. The SMILES string of the molecule is CC(C)Oc1ccc(C#CC=C2CCN(c3ncccc3NO)CC2)cn1. The number of piperidine rings is 1. The third kappa shape index (κ3) is 5.22. The minimum absolute atomic E-state index is 0.111. The smallest absolute Gasteiger partial charge is 0.213 e. The largest absolute Gasteiger partial charge is 0.475 e. The molecule has 0 aliphatic carbocycles. The van der Waals surface area contributed by atoms with Gasteiger partial charge in [-0.1, -0.05) is 17.4 Å². The van der Waals surface area contributed by atoms with Crippen molar-refractivity contribution in [2.75, 3.05) is 23.5 Å². The van der Waals surface area contributed by atoms with E-state index < -0.39 is 0 Å². The summed E-state index contributed by atoms with van der Waals surface area (Å²) in [4.78, 5) is 10.8. The van der Waals surface area contributed by atoms with Crippen molar-refractivity contribution in [2.24, 2.45) is 0 Å². The summed E-state index contributed by atoms with van der Waals surface area (Å²) >= 11 is 0. The molecule has 0 amide bonds. The van der Waals surface area contributed by atoms with Crippen LogP contribution < -0.4 is 15.1 Å². The minimum Gasteiger partial charge on any atom is -0.475 e. The first kappa shape index (κ1) is 18.7. The zero-order valence-electron chi connectivity index (χ0n) is 15.6. The molecule has 0 atom stereocenters. The average Bonchev–Trinajstić information content (AvgIpc) is 2.69. The van der Waals surface area contributed by atoms with Crippen LogP contribution in [0.5, 0.6) is 5.88 Å². The first-order valence-corrected chi connectivity index (χ1v) is 9.08. The van der Waals surface area contributed by atoms with Crippen molar-refractivity contribution in [3.63, 3.8) is 0 Å². The normalized spacial score (nSPS) is 13.8. The fourth-order valence-corrected chi connectivity index (χ4v) is 2.87. The molecule has 3 rings (SSSR count). The molecule has 2 aromatic rings. The maximum absolute atomic E-state index is 9.23. The molecular weight excluding hydrogens is 340 g/mol. The molecule has 0 unspecified atom stereocenters. The Morgan fingerprint density at radius 3 is 2.70 bits per heavy atom. The van der Waals surface area contributed by atoms with Gasteiger partial charge in [-0.25, -0.2) is 9.97 Å². The molecule has 6 nitrogen and oxygen atoms in total. The second-order valence-corrected chi connectivity index (χ2v) is 6.60.